The highest BCUT2D eigenvalue weighted by molar-refractivity contribution is 5.98. The van der Waals surface area contributed by atoms with Crippen LogP contribution in [0.3, 0.4) is 0 Å². The fourth-order valence-electron chi connectivity index (χ4n) is 4.04. The highest BCUT2D eigenvalue weighted by Gasteiger charge is 2.16. The number of fused-ring (bicyclic) bond motifs is 2. The van der Waals surface area contributed by atoms with E-state index in [-0.39, 0.29) is 5.92 Å². The van der Waals surface area contributed by atoms with Crippen LogP contribution in [0.15, 0.2) is 47.5 Å². The van der Waals surface area contributed by atoms with Crippen molar-refractivity contribution in [1.29, 1.82) is 5.41 Å². The Morgan fingerprint density at radius 3 is 2.79 bits per heavy atom. The zero-order valence-electron chi connectivity index (χ0n) is 16.4. The Hall–Kier alpha value is -3.25. The fourth-order valence-corrected chi connectivity index (χ4v) is 4.04. The van der Waals surface area contributed by atoms with Gasteiger partial charge in [-0.2, -0.15) is 5.10 Å². The van der Waals surface area contributed by atoms with Crippen LogP contribution >= 0.6 is 0 Å². The lowest BCUT2D eigenvalue weighted by Gasteiger charge is -2.30. The van der Waals surface area contributed by atoms with Gasteiger partial charge in [-0.15, -0.1) is 0 Å². The summed E-state index contributed by atoms with van der Waals surface area (Å²) in [7, 11) is 1.74. The van der Waals surface area contributed by atoms with Crippen LogP contribution in [0.2, 0.25) is 0 Å². The van der Waals surface area contributed by atoms with Gasteiger partial charge in [0.15, 0.2) is 0 Å². The monoisotopic (exact) mass is 384 g/mol. The van der Waals surface area contributed by atoms with Crippen molar-refractivity contribution >= 4 is 34.2 Å². The third kappa shape index (κ3) is 3.25. The van der Waals surface area contributed by atoms with E-state index in [0.717, 1.165) is 39.9 Å². The first-order valence-electron chi connectivity index (χ1n) is 10.0. The van der Waals surface area contributed by atoms with E-state index >= 15 is 0 Å². The van der Waals surface area contributed by atoms with E-state index in [4.69, 9.17) is 5.41 Å². The molecule has 6 heteroatoms. The Morgan fingerprint density at radius 1 is 1.17 bits per heavy atom. The van der Waals surface area contributed by atoms with E-state index in [0.29, 0.717) is 0 Å². The molecule has 3 N–H and O–H groups in total. The number of rotatable bonds is 6. The first-order chi connectivity index (χ1) is 14.2. The van der Waals surface area contributed by atoms with Crippen LogP contribution in [-0.2, 0) is 6.54 Å². The minimum Gasteiger partial charge on any atom is -0.353 e. The van der Waals surface area contributed by atoms with Gasteiger partial charge in [-0.25, -0.2) is 0 Å². The van der Waals surface area contributed by atoms with Crippen LogP contribution in [0.5, 0.6) is 0 Å². The largest absolute Gasteiger partial charge is 0.353 e. The fraction of sp³-hybridized carbons (Fsp3) is 0.261. The van der Waals surface area contributed by atoms with Crippen LogP contribution in [-0.4, -0.2) is 52.6 Å². The summed E-state index contributed by atoms with van der Waals surface area (Å²) in [6, 6.07) is 15.0. The molecule has 0 saturated carbocycles. The van der Waals surface area contributed by atoms with Gasteiger partial charge < -0.3 is 10.4 Å². The molecule has 0 bridgehead atoms. The van der Waals surface area contributed by atoms with Gasteiger partial charge in [0, 0.05) is 42.3 Å². The molecule has 0 radical (unpaired) electrons. The number of aromatic amines is 2. The first kappa shape index (κ1) is 17.8. The second-order valence-corrected chi connectivity index (χ2v) is 7.71. The molecule has 2 aromatic carbocycles. The van der Waals surface area contributed by atoms with Crippen molar-refractivity contribution in [1.82, 2.24) is 20.1 Å². The van der Waals surface area contributed by atoms with Crippen molar-refractivity contribution in [3.8, 4) is 11.4 Å². The van der Waals surface area contributed by atoms with Crippen LogP contribution in [0.1, 0.15) is 23.5 Å². The zero-order chi connectivity index (χ0) is 19.8. The maximum Gasteiger partial charge on any atom is 0.116 e. The molecule has 0 amide bonds. The van der Waals surface area contributed by atoms with E-state index in [1.54, 1.807) is 13.3 Å². The average Bonchev–Trinajstić information content (AvgIpc) is 3.31. The van der Waals surface area contributed by atoms with Crippen LogP contribution in [0.4, 0.5) is 0 Å². The molecule has 0 aliphatic carbocycles. The summed E-state index contributed by atoms with van der Waals surface area (Å²) in [6.45, 7) is 3.43. The molecular formula is C23H24N6. The number of benzene rings is 2. The highest BCUT2D eigenvalue weighted by atomic mass is 15.2. The molecule has 1 unspecified atom stereocenters. The Balaban J connectivity index is 1.53. The smallest absolute Gasteiger partial charge is 0.116 e. The lowest BCUT2D eigenvalue weighted by atomic mass is 9.99. The summed E-state index contributed by atoms with van der Waals surface area (Å²) in [5.41, 5.74) is 6.39. The van der Waals surface area contributed by atoms with Crippen LogP contribution < -0.4 is 0 Å². The maximum atomic E-state index is 7.70. The quantitative estimate of drug-likeness (QED) is 0.432. The normalized spacial score (nSPS) is 15.9. The molecule has 1 saturated heterocycles. The van der Waals surface area contributed by atoms with Gasteiger partial charge in [-0.1, -0.05) is 12.1 Å². The number of hydrogen-bond acceptors (Lipinski definition) is 4. The lowest BCUT2D eigenvalue weighted by Crippen LogP contribution is -2.36. The lowest BCUT2D eigenvalue weighted by molar-refractivity contribution is 0.172. The van der Waals surface area contributed by atoms with Crippen LogP contribution in [0, 0.1) is 5.41 Å². The van der Waals surface area contributed by atoms with Gasteiger partial charge in [0.1, 0.15) is 5.69 Å². The Bertz CT molecular complexity index is 1210. The molecule has 6 nitrogen and oxygen atoms in total. The Kier molecular flexibility index (Phi) is 4.48. The van der Waals surface area contributed by atoms with E-state index in [9.17, 15) is 0 Å². The predicted molar refractivity (Wildman–Crippen MR) is 119 cm³/mol. The Labute approximate surface area is 169 Å². The molecule has 1 aliphatic rings. The van der Waals surface area contributed by atoms with Crippen molar-refractivity contribution in [2.45, 2.75) is 18.9 Å². The van der Waals surface area contributed by atoms with Gasteiger partial charge in [0.2, 0.25) is 0 Å². The number of aromatic nitrogens is 3. The minimum absolute atomic E-state index is 0.126. The molecule has 1 fully saturated rings. The number of nitrogens with one attached hydrogen (secondary N) is 3. The Morgan fingerprint density at radius 2 is 2.03 bits per heavy atom. The highest BCUT2D eigenvalue weighted by Crippen LogP contribution is 2.31. The van der Waals surface area contributed by atoms with Crippen LogP contribution in [0.25, 0.3) is 33.2 Å². The van der Waals surface area contributed by atoms with Gasteiger partial charge in [0.05, 0.1) is 17.1 Å². The second-order valence-electron chi connectivity index (χ2n) is 7.71. The van der Waals surface area contributed by atoms with Crippen molar-refractivity contribution < 1.29 is 0 Å². The number of H-pyrrole nitrogens is 2. The van der Waals surface area contributed by atoms with Gasteiger partial charge in [-0.3, -0.25) is 15.0 Å². The third-order valence-electron chi connectivity index (χ3n) is 5.76. The van der Waals surface area contributed by atoms with E-state index < -0.39 is 0 Å². The van der Waals surface area contributed by atoms with Crippen molar-refractivity contribution in [2.75, 3.05) is 20.1 Å². The van der Waals surface area contributed by atoms with Gasteiger partial charge in [-0.05, 0) is 61.0 Å². The number of likely N-dealkylation sites (tertiary alicyclic amines) is 1. The molecule has 29 heavy (non-hydrogen) atoms. The van der Waals surface area contributed by atoms with Gasteiger partial charge >= 0.3 is 0 Å². The summed E-state index contributed by atoms with van der Waals surface area (Å²) in [4.78, 5) is 10.1. The molecule has 2 aromatic heterocycles. The summed E-state index contributed by atoms with van der Waals surface area (Å²) in [5.74, 6) is -0.126. The van der Waals surface area contributed by atoms with E-state index in [1.165, 1.54) is 36.7 Å². The SMILES string of the molecule is CN=CC(C=N)c1ccc2[nH]nc(-c3cc4cc(CN5CCC5)ccc4[nH]3)c2c1. The summed E-state index contributed by atoms with van der Waals surface area (Å²) < 4.78 is 0. The second kappa shape index (κ2) is 7.29. The number of nitrogens with zero attached hydrogens (tertiary/aromatic N) is 3. The maximum absolute atomic E-state index is 7.70. The molecule has 1 atom stereocenters. The molecule has 4 aromatic rings. The van der Waals surface area contributed by atoms with Crippen molar-refractivity contribution in [3.05, 3.63) is 53.6 Å². The summed E-state index contributed by atoms with van der Waals surface area (Å²) >= 11 is 0. The summed E-state index contributed by atoms with van der Waals surface area (Å²) in [5, 5.41) is 17.7. The zero-order valence-corrected chi connectivity index (χ0v) is 16.4. The van der Waals surface area contributed by atoms with Gasteiger partial charge in [0.25, 0.3) is 0 Å². The molecular weight excluding hydrogens is 360 g/mol. The average molecular weight is 384 g/mol. The molecule has 3 heterocycles. The minimum atomic E-state index is -0.126. The molecule has 146 valence electrons. The first-order valence-corrected chi connectivity index (χ1v) is 10.0. The molecule has 1 aliphatic heterocycles. The number of hydrogen-bond donors (Lipinski definition) is 3. The predicted octanol–water partition coefficient (Wildman–Crippen LogP) is 4.35. The molecule has 5 rings (SSSR count). The third-order valence-corrected chi connectivity index (χ3v) is 5.76. The van der Waals surface area contributed by atoms with E-state index in [1.807, 2.05) is 12.1 Å². The molecule has 0 spiro atoms. The van der Waals surface area contributed by atoms with Crippen molar-refractivity contribution in [2.24, 2.45) is 4.99 Å². The van der Waals surface area contributed by atoms with E-state index in [2.05, 4.69) is 55.4 Å². The standard InChI is InChI=1S/C23H24N6/c1-25-13-18(12-24)16-4-6-21-19(10-16)23(28-27-21)22-11-17-9-15(3-5-20(17)26-22)14-29-7-2-8-29/h3-6,9-13,18,24,26H,2,7-8,14H2,1H3,(H,27,28). The summed E-state index contributed by atoms with van der Waals surface area (Å²) in [6.07, 6.45) is 4.51. The topological polar surface area (TPSA) is 83.9 Å². The van der Waals surface area contributed by atoms with Crippen molar-refractivity contribution in [3.63, 3.8) is 0 Å². The number of aliphatic imine (C=N–C) groups is 1.